The fourth-order valence-corrected chi connectivity index (χ4v) is 3.00. The molecule has 2 aromatic heterocycles. The number of hydrogen-bond acceptors (Lipinski definition) is 4. The van der Waals surface area contributed by atoms with Gasteiger partial charge in [0.15, 0.2) is 0 Å². The van der Waals surface area contributed by atoms with Crippen LogP contribution in [0.1, 0.15) is 13.8 Å². The molecule has 0 amide bonds. The Morgan fingerprint density at radius 3 is 2.76 bits per heavy atom. The van der Waals surface area contributed by atoms with Gasteiger partial charge >= 0.3 is 0 Å². The zero-order valence-corrected chi connectivity index (χ0v) is 14.2. The SMILES string of the molecule is CC(C)OCCOc1ccc2c(c1)[nH]c(=O)c1c3ccccc3oc21. The molecule has 4 aromatic rings. The molecule has 0 aliphatic rings. The smallest absolute Gasteiger partial charge is 0.260 e. The Hall–Kier alpha value is -2.79. The third-order valence-electron chi connectivity index (χ3n) is 4.11. The molecule has 5 nitrogen and oxygen atoms in total. The van der Waals surface area contributed by atoms with Gasteiger partial charge in [-0.2, -0.15) is 0 Å². The standard InChI is InChI=1S/C20H19NO4/c1-12(2)23-9-10-24-13-7-8-14-16(11-13)21-20(22)18-15-5-3-4-6-17(15)25-19(14)18/h3-8,11-12H,9-10H2,1-2H3,(H,21,22). The molecule has 1 N–H and O–H groups in total. The fourth-order valence-electron chi connectivity index (χ4n) is 3.00. The van der Waals surface area contributed by atoms with Gasteiger partial charge in [-0.1, -0.05) is 18.2 Å². The van der Waals surface area contributed by atoms with Crippen LogP contribution in [0.4, 0.5) is 0 Å². The molecule has 0 saturated carbocycles. The molecular formula is C20H19NO4. The first-order valence-corrected chi connectivity index (χ1v) is 8.35. The van der Waals surface area contributed by atoms with Crippen LogP contribution in [0.15, 0.2) is 51.7 Å². The van der Waals surface area contributed by atoms with Gasteiger partial charge in [0, 0.05) is 16.8 Å². The van der Waals surface area contributed by atoms with Crippen LogP contribution in [-0.2, 0) is 4.74 Å². The molecule has 0 fully saturated rings. The minimum Gasteiger partial charge on any atom is -0.491 e. The van der Waals surface area contributed by atoms with Crippen molar-refractivity contribution in [2.45, 2.75) is 20.0 Å². The Balaban J connectivity index is 1.75. The molecule has 5 heteroatoms. The number of rotatable bonds is 5. The van der Waals surface area contributed by atoms with E-state index >= 15 is 0 Å². The lowest BCUT2D eigenvalue weighted by Gasteiger charge is -2.09. The fraction of sp³-hybridized carbons (Fsp3) is 0.250. The van der Waals surface area contributed by atoms with E-state index in [0.717, 1.165) is 10.8 Å². The maximum atomic E-state index is 12.5. The summed E-state index contributed by atoms with van der Waals surface area (Å²) in [6.07, 6.45) is 0.179. The third-order valence-corrected chi connectivity index (χ3v) is 4.11. The van der Waals surface area contributed by atoms with Gasteiger partial charge in [0.1, 0.15) is 23.5 Å². The number of pyridine rings is 1. The maximum Gasteiger partial charge on any atom is 0.260 e. The monoisotopic (exact) mass is 337 g/mol. The first-order valence-electron chi connectivity index (χ1n) is 8.35. The van der Waals surface area contributed by atoms with Crippen molar-refractivity contribution in [1.82, 2.24) is 4.98 Å². The average Bonchev–Trinajstić information content (AvgIpc) is 2.98. The van der Waals surface area contributed by atoms with Crippen LogP contribution >= 0.6 is 0 Å². The van der Waals surface area contributed by atoms with Gasteiger partial charge in [-0.05, 0) is 32.0 Å². The highest BCUT2D eigenvalue weighted by atomic mass is 16.5. The molecule has 0 bridgehead atoms. The Bertz CT molecular complexity index is 1110. The number of aromatic nitrogens is 1. The summed E-state index contributed by atoms with van der Waals surface area (Å²) in [7, 11) is 0. The zero-order chi connectivity index (χ0) is 17.4. The van der Waals surface area contributed by atoms with Gasteiger partial charge in [0.2, 0.25) is 0 Å². The molecular weight excluding hydrogens is 318 g/mol. The molecule has 0 saturated heterocycles. The van der Waals surface area contributed by atoms with Crippen LogP contribution in [0.25, 0.3) is 32.8 Å². The summed E-state index contributed by atoms with van der Waals surface area (Å²) >= 11 is 0. The van der Waals surface area contributed by atoms with E-state index in [9.17, 15) is 4.79 Å². The van der Waals surface area contributed by atoms with E-state index in [-0.39, 0.29) is 11.7 Å². The van der Waals surface area contributed by atoms with Gasteiger partial charge in [0.05, 0.1) is 23.6 Å². The third kappa shape index (κ3) is 2.87. The lowest BCUT2D eigenvalue weighted by atomic mass is 10.1. The second kappa shape index (κ2) is 6.26. The molecule has 2 heterocycles. The van der Waals surface area contributed by atoms with Crippen LogP contribution < -0.4 is 10.3 Å². The Morgan fingerprint density at radius 2 is 1.92 bits per heavy atom. The predicted octanol–water partition coefficient (Wildman–Crippen LogP) is 4.23. The van der Waals surface area contributed by atoms with Crippen LogP contribution in [0.2, 0.25) is 0 Å². The summed E-state index contributed by atoms with van der Waals surface area (Å²) in [6.45, 7) is 4.95. The van der Waals surface area contributed by atoms with Crippen molar-refractivity contribution in [3.63, 3.8) is 0 Å². The number of fused-ring (bicyclic) bond motifs is 5. The number of hydrogen-bond donors (Lipinski definition) is 1. The summed E-state index contributed by atoms with van der Waals surface area (Å²) in [5.74, 6) is 0.686. The van der Waals surface area contributed by atoms with Crippen molar-refractivity contribution in [2.75, 3.05) is 13.2 Å². The number of H-pyrrole nitrogens is 1. The molecule has 2 aromatic carbocycles. The maximum absolute atomic E-state index is 12.5. The highest BCUT2D eigenvalue weighted by Crippen LogP contribution is 2.31. The van der Waals surface area contributed by atoms with Gasteiger partial charge < -0.3 is 18.9 Å². The summed E-state index contributed by atoms with van der Waals surface area (Å²) in [4.78, 5) is 15.5. The number of aromatic amines is 1. The van der Waals surface area contributed by atoms with Gasteiger partial charge in [-0.3, -0.25) is 4.79 Å². The van der Waals surface area contributed by atoms with E-state index < -0.39 is 0 Å². The second-order valence-corrected chi connectivity index (χ2v) is 6.23. The number of ether oxygens (including phenoxy) is 2. The van der Waals surface area contributed by atoms with E-state index in [1.807, 2.05) is 56.3 Å². The van der Waals surface area contributed by atoms with Crippen LogP contribution in [0.5, 0.6) is 5.75 Å². The van der Waals surface area contributed by atoms with Gasteiger partial charge in [-0.15, -0.1) is 0 Å². The normalized spacial score (nSPS) is 11.8. The Kier molecular flexibility index (Phi) is 3.93. The van der Waals surface area contributed by atoms with E-state index in [2.05, 4.69) is 4.98 Å². The highest BCUT2D eigenvalue weighted by Gasteiger charge is 2.14. The minimum absolute atomic E-state index is 0.159. The van der Waals surface area contributed by atoms with Gasteiger partial charge in [0.25, 0.3) is 5.56 Å². The van der Waals surface area contributed by atoms with Crippen molar-refractivity contribution in [1.29, 1.82) is 0 Å². The van der Waals surface area contributed by atoms with E-state index in [1.165, 1.54) is 0 Å². The van der Waals surface area contributed by atoms with Crippen LogP contribution in [0, 0.1) is 0 Å². The molecule has 4 rings (SSSR count). The summed E-state index contributed by atoms with van der Waals surface area (Å²) in [5, 5.41) is 2.27. The Labute approximate surface area is 144 Å². The largest absolute Gasteiger partial charge is 0.491 e. The number of benzene rings is 2. The quantitative estimate of drug-likeness (QED) is 0.554. The van der Waals surface area contributed by atoms with Gasteiger partial charge in [-0.25, -0.2) is 0 Å². The first kappa shape index (κ1) is 15.7. The topological polar surface area (TPSA) is 64.5 Å². The molecule has 0 aliphatic carbocycles. The minimum atomic E-state index is -0.159. The lowest BCUT2D eigenvalue weighted by molar-refractivity contribution is 0.0553. The van der Waals surface area contributed by atoms with E-state index in [0.29, 0.717) is 41.0 Å². The molecule has 0 spiro atoms. The molecule has 0 aliphatic heterocycles. The van der Waals surface area contributed by atoms with Crippen molar-refractivity contribution >= 4 is 32.8 Å². The second-order valence-electron chi connectivity index (χ2n) is 6.23. The van der Waals surface area contributed by atoms with Crippen LogP contribution in [0.3, 0.4) is 0 Å². The molecule has 0 unspecified atom stereocenters. The van der Waals surface area contributed by atoms with Crippen molar-refractivity contribution < 1.29 is 13.9 Å². The number of nitrogens with one attached hydrogen (secondary N) is 1. The molecule has 0 radical (unpaired) electrons. The average molecular weight is 337 g/mol. The molecule has 0 atom stereocenters. The number of para-hydroxylation sites is 1. The van der Waals surface area contributed by atoms with E-state index in [1.54, 1.807) is 0 Å². The lowest BCUT2D eigenvalue weighted by Crippen LogP contribution is -2.11. The Morgan fingerprint density at radius 1 is 1.08 bits per heavy atom. The summed E-state index contributed by atoms with van der Waals surface area (Å²) in [6, 6.07) is 13.2. The van der Waals surface area contributed by atoms with Crippen molar-refractivity contribution in [2.24, 2.45) is 0 Å². The van der Waals surface area contributed by atoms with Crippen molar-refractivity contribution in [3.05, 3.63) is 52.8 Å². The first-order chi connectivity index (χ1) is 12.1. The highest BCUT2D eigenvalue weighted by molar-refractivity contribution is 6.13. The number of furan rings is 1. The zero-order valence-electron chi connectivity index (χ0n) is 14.2. The molecule has 25 heavy (non-hydrogen) atoms. The van der Waals surface area contributed by atoms with E-state index in [4.69, 9.17) is 13.9 Å². The van der Waals surface area contributed by atoms with Crippen LogP contribution in [-0.4, -0.2) is 24.3 Å². The summed E-state index contributed by atoms with van der Waals surface area (Å²) in [5.41, 5.74) is 1.85. The summed E-state index contributed by atoms with van der Waals surface area (Å²) < 4.78 is 17.1. The predicted molar refractivity (Wildman–Crippen MR) is 98.4 cm³/mol. The van der Waals surface area contributed by atoms with Crippen molar-refractivity contribution in [3.8, 4) is 5.75 Å². The molecule has 128 valence electrons.